The number of rotatable bonds is 7. The Kier molecular flexibility index (Phi) is 8.70. The van der Waals surface area contributed by atoms with E-state index in [-0.39, 0.29) is 12.4 Å². The van der Waals surface area contributed by atoms with Crippen molar-refractivity contribution in [1.82, 2.24) is 15.5 Å². The highest BCUT2D eigenvalue weighted by Gasteiger charge is 2.08. The van der Waals surface area contributed by atoms with Gasteiger partial charge in [-0.2, -0.15) is 16.7 Å². The summed E-state index contributed by atoms with van der Waals surface area (Å²) >= 11 is 1.83. The van der Waals surface area contributed by atoms with Crippen molar-refractivity contribution < 1.29 is 4.52 Å². The van der Waals surface area contributed by atoms with Crippen molar-refractivity contribution in [3.8, 4) is 0 Å². The van der Waals surface area contributed by atoms with Crippen molar-refractivity contribution in [2.24, 2.45) is 0 Å². The van der Waals surface area contributed by atoms with E-state index in [1.807, 2.05) is 18.8 Å². The molecule has 0 aromatic carbocycles. The van der Waals surface area contributed by atoms with Crippen molar-refractivity contribution in [3.05, 3.63) is 11.7 Å². The number of hydrogen-bond acceptors (Lipinski definition) is 5. The molecule has 1 N–H and O–H groups in total. The Labute approximate surface area is 107 Å². The summed E-state index contributed by atoms with van der Waals surface area (Å²) in [4.78, 5) is 4.33. The highest BCUT2D eigenvalue weighted by molar-refractivity contribution is 7.98. The summed E-state index contributed by atoms with van der Waals surface area (Å²) in [6.45, 7) is 4.27. The van der Waals surface area contributed by atoms with E-state index in [0.717, 1.165) is 29.6 Å². The molecule has 94 valence electrons. The predicted octanol–water partition coefficient (Wildman–Crippen LogP) is 2.29. The minimum absolute atomic E-state index is 0. The Morgan fingerprint density at radius 2 is 2.25 bits per heavy atom. The molecule has 1 aromatic heterocycles. The van der Waals surface area contributed by atoms with Gasteiger partial charge < -0.3 is 9.84 Å². The highest BCUT2D eigenvalue weighted by Crippen LogP contribution is 2.11. The second-order valence-electron chi connectivity index (χ2n) is 3.55. The van der Waals surface area contributed by atoms with Gasteiger partial charge in [0.05, 0.1) is 5.75 Å². The Morgan fingerprint density at radius 1 is 1.50 bits per heavy atom. The molecule has 0 aliphatic carbocycles. The van der Waals surface area contributed by atoms with Gasteiger partial charge in [-0.15, -0.1) is 12.4 Å². The zero-order chi connectivity index (χ0) is 11.1. The van der Waals surface area contributed by atoms with Crippen molar-refractivity contribution >= 4 is 24.2 Å². The molecule has 0 bridgehead atoms. The first-order chi connectivity index (χ1) is 7.26. The molecule has 1 unspecified atom stereocenters. The van der Waals surface area contributed by atoms with Crippen LogP contribution in [-0.2, 0) is 12.2 Å². The van der Waals surface area contributed by atoms with Crippen molar-refractivity contribution in [3.63, 3.8) is 0 Å². The van der Waals surface area contributed by atoms with Gasteiger partial charge in [0.1, 0.15) is 0 Å². The molecule has 0 radical (unpaired) electrons. The second-order valence-corrected chi connectivity index (χ2v) is 4.66. The van der Waals surface area contributed by atoms with Gasteiger partial charge in [0.2, 0.25) is 5.89 Å². The van der Waals surface area contributed by atoms with E-state index in [0.29, 0.717) is 6.04 Å². The Balaban J connectivity index is 0.00000225. The maximum absolute atomic E-state index is 5.15. The van der Waals surface area contributed by atoms with Gasteiger partial charge in [0.15, 0.2) is 5.82 Å². The summed E-state index contributed by atoms with van der Waals surface area (Å²) in [6, 6.07) is 0.388. The number of hydrogen-bond donors (Lipinski definition) is 1. The van der Waals surface area contributed by atoms with Crippen LogP contribution in [0.5, 0.6) is 0 Å². The summed E-state index contributed by atoms with van der Waals surface area (Å²) in [6.07, 6.45) is 2.00. The average Bonchev–Trinajstić information content (AvgIpc) is 2.66. The third-order valence-electron chi connectivity index (χ3n) is 2.07. The van der Waals surface area contributed by atoms with E-state index in [4.69, 9.17) is 4.52 Å². The van der Waals surface area contributed by atoms with Crippen LogP contribution in [0.25, 0.3) is 0 Å². The fraction of sp³-hybridized carbons (Fsp3) is 0.800. The molecule has 0 spiro atoms. The van der Waals surface area contributed by atoms with Crippen LogP contribution in [0.2, 0.25) is 0 Å². The minimum Gasteiger partial charge on any atom is -0.338 e. The number of nitrogens with one attached hydrogen (secondary N) is 1. The van der Waals surface area contributed by atoms with Crippen molar-refractivity contribution in [2.45, 2.75) is 38.5 Å². The summed E-state index contributed by atoms with van der Waals surface area (Å²) in [7, 11) is 1.93. The summed E-state index contributed by atoms with van der Waals surface area (Å²) < 4.78 is 5.15. The smallest absolute Gasteiger partial charge is 0.236 e. The summed E-state index contributed by atoms with van der Waals surface area (Å²) in [5.41, 5.74) is 0. The number of halogens is 1. The van der Waals surface area contributed by atoms with E-state index in [1.165, 1.54) is 6.42 Å². The van der Waals surface area contributed by atoms with E-state index >= 15 is 0 Å². The fourth-order valence-electron chi connectivity index (χ4n) is 1.11. The Morgan fingerprint density at radius 3 is 2.88 bits per heavy atom. The summed E-state index contributed by atoms with van der Waals surface area (Å²) in [5, 5.41) is 7.09. The van der Waals surface area contributed by atoms with Gasteiger partial charge in [0.25, 0.3) is 0 Å². The quantitative estimate of drug-likeness (QED) is 0.767. The van der Waals surface area contributed by atoms with Crippen LogP contribution in [0, 0.1) is 0 Å². The van der Waals surface area contributed by atoms with Gasteiger partial charge >= 0.3 is 0 Å². The molecule has 6 heteroatoms. The maximum Gasteiger partial charge on any atom is 0.236 e. The lowest BCUT2D eigenvalue weighted by Crippen LogP contribution is -2.24. The molecule has 1 rings (SSSR count). The average molecular weight is 266 g/mol. The molecule has 1 aromatic rings. The molecule has 4 nitrogen and oxygen atoms in total. The standard InChI is InChI=1S/C10H19N3OS.ClH/c1-4-5-15-7-10-12-9(13-14-10)6-8(2)11-3;/h8,11H,4-7H2,1-3H3;1H. The lowest BCUT2D eigenvalue weighted by molar-refractivity contribution is 0.382. The molecular weight excluding hydrogens is 246 g/mol. The SMILES string of the molecule is CCCSCc1nc(CC(C)NC)no1.Cl. The second kappa shape index (κ2) is 8.84. The predicted molar refractivity (Wildman–Crippen MR) is 70.2 cm³/mol. The van der Waals surface area contributed by atoms with Crippen LogP contribution in [0.15, 0.2) is 4.52 Å². The van der Waals surface area contributed by atoms with Gasteiger partial charge in [-0.05, 0) is 26.1 Å². The third kappa shape index (κ3) is 5.72. The van der Waals surface area contributed by atoms with E-state index in [9.17, 15) is 0 Å². The van der Waals surface area contributed by atoms with Crippen molar-refractivity contribution in [1.29, 1.82) is 0 Å². The number of thioether (sulfide) groups is 1. The first-order valence-corrected chi connectivity index (χ1v) is 6.48. The lowest BCUT2D eigenvalue weighted by atomic mass is 10.2. The van der Waals surface area contributed by atoms with Crippen LogP contribution in [0.1, 0.15) is 32.0 Å². The van der Waals surface area contributed by atoms with Crippen LogP contribution in [-0.4, -0.2) is 29.0 Å². The maximum atomic E-state index is 5.15. The van der Waals surface area contributed by atoms with Gasteiger partial charge in [-0.25, -0.2) is 0 Å². The topological polar surface area (TPSA) is 51.0 Å². The monoisotopic (exact) mass is 265 g/mol. The number of nitrogens with zero attached hydrogens (tertiary/aromatic N) is 2. The van der Waals surface area contributed by atoms with Crippen LogP contribution in [0.4, 0.5) is 0 Å². The number of aromatic nitrogens is 2. The van der Waals surface area contributed by atoms with Crippen LogP contribution < -0.4 is 5.32 Å². The normalized spacial score (nSPS) is 12.2. The number of likely N-dealkylation sites (N-methyl/N-ethyl adjacent to an activating group) is 1. The van der Waals surface area contributed by atoms with Gasteiger partial charge in [-0.1, -0.05) is 12.1 Å². The third-order valence-corrected chi connectivity index (χ3v) is 3.21. The first-order valence-electron chi connectivity index (χ1n) is 5.32. The van der Waals surface area contributed by atoms with Crippen molar-refractivity contribution in [2.75, 3.05) is 12.8 Å². The molecule has 0 fully saturated rings. The van der Waals surface area contributed by atoms with E-state index < -0.39 is 0 Å². The molecule has 0 saturated carbocycles. The fourth-order valence-corrected chi connectivity index (χ4v) is 1.84. The Hall–Kier alpha value is -0.260. The molecule has 0 saturated heterocycles. The van der Waals surface area contributed by atoms with E-state index in [1.54, 1.807) is 0 Å². The summed E-state index contributed by atoms with van der Waals surface area (Å²) in [5.74, 6) is 3.51. The molecule has 0 amide bonds. The lowest BCUT2D eigenvalue weighted by Gasteiger charge is -2.04. The van der Waals surface area contributed by atoms with Crippen LogP contribution >= 0.6 is 24.2 Å². The van der Waals surface area contributed by atoms with Crippen LogP contribution in [0.3, 0.4) is 0 Å². The van der Waals surface area contributed by atoms with Gasteiger partial charge in [0, 0.05) is 12.5 Å². The highest BCUT2D eigenvalue weighted by atomic mass is 35.5. The first kappa shape index (κ1) is 15.7. The molecule has 1 atom stereocenters. The zero-order valence-electron chi connectivity index (χ0n) is 10.0. The van der Waals surface area contributed by atoms with Gasteiger partial charge in [-0.3, -0.25) is 0 Å². The molecule has 16 heavy (non-hydrogen) atoms. The minimum atomic E-state index is 0. The molecule has 0 aliphatic heterocycles. The van der Waals surface area contributed by atoms with E-state index in [2.05, 4.69) is 29.3 Å². The Bertz CT molecular complexity index is 283. The molecular formula is C10H20ClN3OS. The zero-order valence-corrected chi connectivity index (χ0v) is 11.7. The molecule has 0 aliphatic rings. The largest absolute Gasteiger partial charge is 0.338 e. The molecule has 1 heterocycles.